The number of Topliss-reactive ketones (excluding diaryl/α,β-unsaturated/α-hetero) is 1. The molecule has 0 bridgehead atoms. The van der Waals surface area contributed by atoms with Crippen molar-refractivity contribution in [3.8, 4) is 0 Å². The van der Waals surface area contributed by atoms with Gasteiger partial charge in [0, 0.05) is 6.42 Å². The summed E-state index contributed by atoms with van der Waals surface area (Å²) in [4.78, 5) is 23.5. The summed E-state index contributed by atoms with van der Waals surface area (Å²) in [5.74, 6) is -0.743. The van der Waals surface area contributed by atoms with Crippen molar-refractivity contribution >= 4 is 11.8 Å². The largest absolute Gasteiger partial charge is 0.465 e. The fraction of sp³-hybridized carbons (Fsp3) is 0.846. The van der Waals surface area contributed by atoms with Gasteiger partial charge in [0.25, 0.3) is 0 Å². The van der Waals surface area contributed by atoms with Crippen LogP contribution in [0.1, 0.15) is 52.9 Å². The molecule has 0 aromatic carbocycles. The van der Waals surface area contributed by atoms with Crippen LogP contribution in [0.15, 0.2) is 0 Å². The number of rotatable bonds is 4. The molecule has 1 rings (SSSR count). The van der Waals surface area contributed by atoms with Crippen molar-refractivity contribution in [1.82, 2.24) is 0 Å². The Morgan fingerprint density at radius 1 is 1.38 bits per heavy atom. The topological polar surface area (TPSA) is 43.4 Å². The van der Waals surface area contributed by atoms with Crippen molar-refractivity contribution in [3.63, 3.8) is 0 Å². The van der Waals surface area contributed by atoms with Crippen LogP contribution in [-0.4, -0.2) is 18.4 Å². The lowest BCUT2D eigenvalue weighted by Gasteiger charge is -2.37. The zero-order valence-corrected chi connectivity index (χ0v) is 10.5. The van der Waals surface area contributed by atoms with Crippen LogP contribution < -0.4 is 0 Å². The Kier molecular flexibility index (Phi) is 4.51. The van der Waals surface area contributed by atoms with Gasteiger partial charge in [-0.1, -0.05) is 26.7 Å². The SMILES string of the molecule is CCOC(=O)C1CCC(CC)(CC)CC1=O. The molecule has 92 valence electrons. The second kappa shape index (κ2) is 5.46. The van der Waals surface area contributed by atoms with Crippen LogP contribution in [0.3, 0.4) is 0 Å². The van der Waals surface area contributed by atoms with Crippen molar-refractivity contribution in [2.45, 2.75) is 52.9 Å². The maximum Gasteiger partial charge on any atom is 0.316 e. The van der Waals surface area contributed by atoms with E-state index in [0.717, 1.165) is 19.3 Å². The molecule has 0 amide bonds. The Morgan fingerprint density at radius 2 is 2.00 bits per heavy atom. The first-order valence-corrected chi connectivity index (χ1v) is 6.28. The van der Waals surface area contributed by atoms with E-state index >= 15 is 0 Å². The molecule has 1 unspecified atom stereocenters. The quantitative estimate of drug-likeness (QED) is 0.547. The first-order chi connectivity index (χ1) is 7.58. The molecule has 0 saturated heterocycles. The molecule has 0 aromatic heterocycles. The lowest BCUT2D eigenvalue weighted by Crippen LogP contribution is -2.37. The minimum Gasteiger partial charge on any atom is -0.465 e. The molecule has 16 heavy (non-hydrogen) atoms. The van der Waals surface area contributed by atoms with Gasteiger partial charge in [-0.15, -0.1) is 0 Å². The summed E-state index contributed by atoms with van der Waals surface area (Å²) in [6, 6.07) is 0. The molecule has 0 N–H and O–H groups in total. The number of ether oxygens (including phenoxy) is 1. The number of hydrogen-bond acceptors (Lipinski definition) is 3. The average Bonchev–Trinajstić information content (AvgIpc) is 2.29. The molecule has 1 aliphatic carbocycles. The van der Waals surface area contributed by atoms with E-state index in [1.807, 2.05) is 0 Å². The number of ketones is 1. The zero-order chi connectivity index (χ0) is 12.2. The molecule has 1 saturated carbocycles. The van der Waals surface area contributed by atoms with Crippen LogP contribution in [0.4, 0.5) is 0 Å². The Labute approximate surface area is 97.5 Å². The van der Waals surface area contributed by atoms with E-state index in [9.17, 15) is 9.59 Å². The highest BCUT2D eigenvalue weighted by molar-refractivity contribution is 5.99. The third-order valence-corrected chi connectivity index (χ3v) is 3.97. The third-order valence-electron chi connectivity index (χ3n) is 3.97. The first kappa shape index (κ1) is 13.2. The van der Waals surface area contributed by atoms with Gasteiger partial charge in [-0.2, -0.15) is 0 Å². The molecule has 0 radical (unpaired) electrons. The van der Waals surface area contributed by atoms with Crippen LogP contribution >= 0.6 is 0 Å². The molecule has 1 fully saturated rings. The minimum atomic E-state index is -0.494. The van der Waals surface area contributed by atoms with E-state index in [2.05, 4.69) is 13.8 Å². The summed E-state index contributed by atoms with van der Waals surface area (Å²) in [6.07, 6.45) is 4.22. The fourth-order valence-corrected chi connectivity index (χ4v) is 2.54. The summed E-state index contributed by atoms with van der Waals surface area (Å²) in [5.41, 5.74) is 0.139. The number of esters is 1. The third kappa shape index (κ3) is 2.63. The van der Waals surface area contributed by atoms with Crippen molar-refractivity contribution in [3.05, 3.63) is 0 Å². The smallest absolute Gasteiger partial charge is 0.316 e. The lowest BCUT2D eigenvalue weighted by atomic mass is 9.67. The van der Waals surface area contributed by atoms with E-state index in [1.165, 1.54) is 0 Å². The van der Waals surface area contributed by atoms with Crippen molar-refractivity contribution in [2.75, 3.05) is 6.61 Å². The van der Waals surface area contributed by atoms with E-state index in [-0.39, 0.29) is 17.2 Å². The van der Waals surface area contributed by atoms with Gasteiger partial charge in [0.1, 0.15) is 11.7 Å². The van der Waals surface area contributed by atoms with Crippen LogP contribution in [0.5, 0.6) is 0 Å². The number of carbonyl (C=O) groups is 2. The predicted molar refractivity (Wildman–Crippen MR) is 62.0 cm³/mol. The number of carbonyl (C=O) groups excluding carboxylic acids is 2. The Balaban J connectivity index is 2.65. The summed E-state index contributed by atoms with van der Waals surface area (Å²) < 4.78 is 4.93. The molecule has 0 spiro atoms. The summed E-state index contributed by atoms with van der Waals surface area (Å²) >= 11 is 0. The summed E-state index contributed by atoms with van der Waals surface area (Å²) in [6.45, 7) is 6.38. The molecular weight excluding hydrogens is 204 g/mol. The maximum absolute atomic E-state index is 11.9. The summed E-state index contributed by atoms with van der Waals surface area (Å²) in [7, 11) is 0. The maximum atomic E-state index is 11.9. The second-order valence-electron chi connectivity index (χ2n) is 4.69. The van der Waals surface area contributed by atoms with Gasteiger partial charge in [-0.05, 0) is 25.2 Å². The molecule has 3 heteroatoms. The van der Waals surface area contributed by atoms with Crippen LogP contribution in [0, 0.1) is 11.3 Å². The normalized spacial score (nSPS) is 24.2. The van der Waals surface area contributed by atoms with E-state index in [4.69, 9.17) is 4.74 Å². The van der Waals surface area contributed by atoms with Gasteiger partial charge in [0.2, 0.25) is 0 Å². The van der Waals surface area contributed by atoms with Crippen LogP contribution in [0.25, 0.3) is 0 Å². The van der Waals surface area contributed by atoms with Gasteiger partial charge >= 0.3 is 5.97 Å². The zero-order valence-electron chi connectivity index (χ0n) is 10.5. The van der Waals surface area contributed by atoms with Gasteiger partial charge in [-0.3, -0.25) is 9.59 Å². The second-order valence-corrected chi connectivity index (χ2v) is 4.69. The van der Waals surface area contributed by atoms with Gasteiger partial charge in [0.05, 0.1) is 6.61 Å². The molecule has 0 aliphatic heterocycles. The molecule has 0 heterocycles. The number of hydrogen-bond donors (Lipinski definition) is 0. The van der Waals surface area contributed by atoms with Crippen molar-refractivity contribution in [2.24, 2.45) is 11.3 Å². The first-order valence-electron chi connectivity index (χ1n) is 6.28. The standard InChI is InChI=1S/C13H22O3/c1-4-13(5-2)8-7-10(11(14)9-13)12(15)16-6-3/h10H,4-9H2,1-3H3. The Bertz CT molecular complexity index is 266. The predicted octanol–water partition coefficient (Wildman–Crippen LogP) is 2.73. The Hall–Kier alpha value is -0.860. The van der Waals surface area contributed by atoms with Gasteiger partial charge in [0.15, 0.2) is 0 Å². The highest BCUT2D eigenvalue weighted by Crippen LogP contribution is 2.42. The van der Waals surface area contributed by atoms with Crippen molar-refractivity contribution < 1.29 is 14.3 Å². The van der Waals surface area contributed by atoms with E-state index < -0.39 is 5.92 Å². The highest BCUT2D eigenvalue weighted by atomic mass is 16.5. The minimum absolute atomic E-state index is 0.0772. The monoisotopic (exact) mass is 226 g/mol. The molecule has 3 nitrogen and oxygen atoms in total. The molecule has 0 aromatic rings. The molecular formula is C13H22O3. The summed E-state index contributed by atoms with van der Waals surface area (Å²) in [5, 5.41) is 0. The highest BCUT2D eigenvalue weighted by Gasteiger charge is 2.41. The van der Waals surface area contributed by atoms with E-state index in [1.54, 1.807) is 6.92 Å². The van der Waals surface area contributed by atoms with Crippen LogP contribution in [-0.2, 0) is 14.3 Å². The Morgan fingerprint density at radius 3 is 2.44 bits per heavy atom. The average molecular weight is 226 g/mol. The van der Waals surface area contributed by atoms with Gasteiger partial charge in [-0.25, -0.2) is 0 Å². The molecule has 1 atom stereocenters. The molecule has 1 aliphatic rings. The lowest BCUT2D eigenvalue weighted by molar-refractivity contribution is -0.154. The van der Waals surface area contributed by atoms with E-state index in [0.29, 0.717) is 19.4 Å². The fourth-order valence-electron chi connectivity index (χ4n) is 2.54. The van der Waals surface area contributed by atoms with Crippen LogP contribution in [0.2, 0.25) is 0 Å². The van der Waals surface area contributed by atoms with Crippen molar-refractivity contribution in [1.29, 1.82) is 0 Å². The van der Waals surface area contributed by atoms with Gasteiger partial charge < -0.3 is 4.74 Å².